The summed E-state index contributed by atoms with van der Waals surface area (Å²) in [7, 11) is 0. The summed E-state index contributed by atoms with van der Waals surface area (Å²) in [5, 5.41) is 9.28. The molecule has 2 aromatic rings. The molecule has 2 N–H and O–H groups in total. The van der Waals surface area contributed by atoms with Crippen molar-refractivity contribution in [1.29, 1.82) is 5.26 Å². The molecule has 17 heavy (non-hydrogen) atoms. The lowest BCUT2D eigenvalue weighted by molar-refractivity contribution is 0.461. The molecule has 1 aromatic heterocycles. The quantitative estimate of drug-likeness (QED) is 0.826. The lowest BCUT2D eigenvalue weighted by Gasteiger charge is -2.06. The van der Waals surface area contributed by atoms with E-state index in [4.69, 9.17) is 27.3 Å². The topological polar surface area (TPSA) is 71.9 Å². The Balaban J connectivity index is 2.32. The second-order valence-corrected chi connectivity index (χ2v) is 3.66. The summed E-state index contributed by atoms with van der Waals surface area (Å²) in [6, 6.07) is 10.2. The minimum absolute atomic E-state index is 0.246. The van der Waals surface area contributed by atoms with Crippen LogP contribution in [0.15, 0.2) is 36.5 Å². The lowest BCUT2D eigenvalue weighted by Crippen LogP contribution is -1.92. The van der Waals surface area contributed by atoms with Crippen LogP contribution in [0.1, 0.15) is 5.56 Å². The third-order valence-corrected chi connectivity index (χ3v) is 2.41. The number of nitrogens with two attached hydrogens (primary N) is 1. The number of aromatic nitrogens is 1. The standard InChI is InChI=1S/C12H8ClN3O/c13-10-6-9(3-4-11(10)15)17-12-8(7-14)2-1-5-16-12/h1-6H,15H2. The fraction of sp³-hybridized carbons (Fsp3) is 0. The third-order valence-electron chi connectivity index (χ3n) is 2.08. The summed E-state index contributed by atoms with van der Waals surface area (Å²) >= 11 is 5.86. The predicted octanol–water partition coefficient (Wildman–Crippen LogP) is 2.98. The molecule has 0 saturated heterocycles. The molecule has 5 heteroatoms. The Bertz CT molecular complexity index is 593. The molecule has 4 nitrogen and oxygen atoms in total. The first-order chi connectivity index (χ1) is 8.20. The van der Waals surface area contributed by atoms with E-state index in [1.165, 1.54) is 0 Å². The van der Waals surface area contributed by atoms with E-state index < -0.39 is 0 Å². The van der Waals surface area contributed by atoms with Gasteiger partial charge in [0, 0.05) is 12.3 Å². The van der Waals surface area contributed by atoms with Gasteiger partial charge in [-0.25, -0.2) is 4.98 Å². The molecule has 2 rings (SSSR count). The van der Waals surface area contributed by atoms with Crippen LogP contribution < -0.4 is 10.5 Å². The predicted molar refractivity (Wildman–Crippen MR) is 64.9 cm³/mol. The largest absolute Gasteiger partial charge is 0.438 e. The van der Waals surface area contributed by atoms with Crippen molar-refractivity contribution in [2.24, 2.45) is 0 Å². The first-order valence-electron chi connectivity index (χ1n) is 4.78. The first-order valence-corrected chi connectivity index (χ1v) is 5.16. The fourth-order valence-electron chi connectivity index (χ4n) is 1.24. The number of benzene rings is 1. The van der Waals surface area contributed by atoms with Crippen molar-refractivity contribution in [3.05, 3.63) is 47.1 Å². The number of nitrogen functional groups attached to an aromatic ring is 1. The zero-order valence-electron chi connectivity index (χ0n) is 8.72. The van der Waals surface area contributed by atoms with Crippen LogP contribution in [0.5, 0.6) is 11.6 Å². The van der Waals surface area contributed by atoms with Gasteiger partial charge in [-0.3, -0.25) is 0 Å². The number of anilines is 1. The van der Waals surface area contributed by atoms with Gasteiger partial charge in [0.15, 0.2) is 0 Å². The second kappa shape index (κ2) is 4.73. The molecular formula is C12H8ClN3O. The Hall–Kier alpha value is -2.25. The van der Waals surface area contributed by atoms with Gasteiger partial charge >= 0.3 is 0 Å². The molecule has 0 aliphatic heterocycles. The smallest absolute Gasteiger partial charge is 0.237 e. The fourth-order valence-corrected chi connectivity index (χ4v) is 1.41. The zero-order chi connectivity index (χ0) is 12.3. The van der Waals surface area contributed by atoms with Gasteiger partial charge in [0.05, 0.1) is 10.7 Å². The molecule has 0 aliphatic rings. The molecule has 0 spiro atoms. The number of halogens is 1. The van der Waals surface area contributed by atoms with Crippen LogP contribution in [0.4, 0.5) is 5.69 Å². The molecule has 0 atom stereocenters. The normalized spacial score (nSPS) is 9.65. The van der Waals surface area contributed by atoms with Crippen molar-refractivity contribution in [2.45, 2.75) is 0 Å². The number of ether oxygens (including phenoxy) is 1. The Kier molecular flexibility index (Phi) is 3.12. The molecule has 1 aromatic carbocycles. The molecule has 84 valence electrons. The number of hydrogen-bond donors (Lipinski definition) is 1. The summed E-state index contributed by atoms with van der Waals surface area (Å²) < 4.78 is 5.46. The van der Waals surface area contributed by atoms with Gasteiger partial charge in [-0.1, -0.05) is 11.6 Å². The molecule has 0 radical (unpaired) electrons. The van der Waals surface area contributed by atoms with Crippen LogP contribution in [0.3, 0.4) is 0 Å². The van der Waals surface area contributed by atoms with Crippen molar-refractivity contribution >= 4 is 17.3 Å². The van der Waals surface area contributed by atoms with Crippen molar-refractivity contribution in [1.82, 2.24) is 4.98 Å². The monoisotopic (exact) mass is 245 g/mol. The van der Waals surface area contributed by atoms with Crippen molar-refractivity contribution in [3.63, 3.8) is 0 Å². The van der Waals surface area contributed by atoms with Gasteiger partial charge < -0.3 is 10.5 Å². The van der Waals surface area contributed by atoms with Gasteiger partial charge in [0.2, 0.25) is 5.88 Å². The van der Waals surface area contributed by atoms with Gasteiger partial charge in [-0.15, -0.1) is 0 Å². The average Bonchev–Trinajstić information content (AvgIpc) is 2.34. The third kappa shape index (κ3) is 2.47. The highest BCUT2D eigenvalue weighted by Gasteiger charge is 2.06. The second-order valence-electron chi connectivity index (χ2n) is 3.25. The van der Waals surface area contributed by atoms with Gasteiger partial charge in [-0.05, 0) is 24.3 Å². The minimum Gasteiger partial charge on any atom is -0.438 e. The van der Waals surface area contributed by atoms with Crippen LogP contribution in [-0.4, -0.2) is 4.98 Å². The molecule has 0 aliphatic carbocycles. The highest BCUT2D eigenvalue weighted by atomic mass is 35.5. The van der Waals surface area contributed by atoms with E-state index in [0.717, 1.165) is 0 Å². The molecule has 0 amide bonds. The van der Waals surface area contributed by atoms with Crippen molar-refractivity contribution in [2.75, 3.05) is 5.73 Å². The Labute approximate surface area is 103 Å². The Morgan fingerprint density at radius 1 is 1.35 bits per heavy atom. The molecule has 1 heterocycles. The van der Waals surface area contributed by atoms with Gasteiger partial charge in [0.25, 0.3) is 0 Å². The number of rotatable bonds is 2. The Morgan fingerprint density at radius 3 is 2.88 bits per heavy atom. The maximum atomic E-state index is 8.88. The first kappa shape index (κ1) is 11.2. The van der Waals surface area contributed by atoms with E-state index >= 15 is 0 Å². The zero-order valence-corrected chi connectivity index (χ0v) is 9.48. The summed E-state index contributed by atoms with van der Waals surface area (Å²) in [6.07, 6.45) is 1.55. The minimum atomic E-state index is 0.246. The van der Waals surface area contributed by atoms with Crippen LogP contribution in [0, 0.1) is 11.3 Å². The molecule has 0 unspecified atom stereocenters. The Morgan fingerprint density at radius 2 is 2.18 bits per heavy atom. The maximum absolute atomic E-state index is 8.88. The maximum Gasteiger partial charge on any atom is 0.237 e. The van der Waals surface area contributed by atoms with Gasteiger partial charge in [0.1, 0.15) is 17.4 Å². The summed E-state index contributed by atoms with van der Waals surface area (Å²) in [4.78, 5) is 3.98. The van der Waals surface area contributed by atoms with E-state index in [2.05, 4.69) is 4.98 Å². The lowest BCUT2D eigenvalue weighted by atomic mass is 10.3. The number of pyridine rings is 1. The highest BCUT2D eigenvalue weighted by molar-refractivity contribution is 6.33. The molecule has 0 saturated carbocycles. The van der Waals surface area contributed by atoms with E-state index in [0.29, 0.717) is 22.0 Å². The van der Waals surface area contributed by atoms with Crippen molar-refractivity contribution in [3.8, 4) is 17.7 Å². The van der Waals surface area contributed by atoms with Crippen molar-refractivity contribution < 1.29 is 4.74 Å². The van der Waals surface area contributed by atoms with Crippen LogP contribution in [0.2, 0.25) is 5.02 Å². The summed E-state index contributed by atoms with van der Waals surface area (Å²) in [6.45, 7) is 0. The molecule has 0 bridgehead atoms. The van der Waals surface area contributed by atoms with Crippen LogP contribution in [0.25, 0.3) is 0 Å². The summed E-state index contributed by atoms with van der Waals surface area (Å²) in [5.41, 5.74) is 6.42. The van der Waals surface area contributed by atoms with E-state index in [9.17, 15) is 0 Å². The number of nitriles is 1. The number of hydrogen-bond acceptors (Lipinski definition) is 4. The van der Waals surface area contributed by atoms with Crippen LogP contribution in [-0.2, 0) is 0 Å². The number of nitrogens with zero attached hydrogens (tertiary/aromatic N) is 2. The van der Waals surface area contributed by atoms with E-state index in [1.54, 1.807) is 36.5 Å². The molecule has 0 fully saturated rings. The van der Waals surface area contributed by atoms with E-state index in [1.807, 2.05) is 6.07 Å². The highest BCUT2D eigenvalue weighted by Crippen LogP contribution is 2.28. The van der Waals surface area contributed by atoms with Gasteiger partial charge in [-0.2, -0.15) is 5.26 Å². The molecular weight excluding hydrogens is 238 g/mol. The van der Waals surface area contributed by atoms with Crippen LogP contribution >= 0.6 is 11.6 Å². The van der Waals surface area contributed by atoms with E-state index in [-0.39, 0.29) is 5.88 Å². The average molecular weight is 246 g/mol. The summed E-state index contributed by atoms with van der Waals surface area (Å²) in [5.74, 6) is 0.732. The SMILES string of the molecule is N#Cc1cccnc1Oc1ccc(N)c(Cl)c1.